The van der Waals surface area contributed by atoms with Gasteiger partial charge >= 0.3 is 12.0 Å². The molecule has 0 bridgehead atoms. The van der Waals surface area contributed by atoms with Crippen molar-refractivity contribution in [2.24, 2.45) is 0 Å². The van der Waals surface area contributed by atoms with Crippen molar-refractivity contribution in [2.75, 3.05) is 5.32 Å². The summed E-state index contributed by atoms with van der Waals surface area (Å²) < 4.78 is 32.2. The lowest BCUT2D eigenvalue weighted by Gasteiger charge is -2.12. The van der Waals surface area contributed by atoms with Crippen molar-refractivity contribution in [1.82, 2.24) is 15.3 Å². The molecule has 0 saturated heterocycles. The highest BCUT2D eigenvalue weighted by atomic mass is 35.5. The molecule has 2 aromatic carbocycles. The molecule has 3 aromatic rings. The van der Waals surface area contributed by atoms with Crippen molar-refractivity contribution >= 4 is 34.9 Å². The van der Waals surface area contributed by atoms with Crippen LogP contribution in [-0.2, 0) is 0 Å². The van der Waals surface area contributed by atoms with Gasteiger partial charge in [0.25, 0.3) is 18.0 Å². The lowest BCUT2D eigenvalue weighted by Crippen LogP contribution is -2.34. The first-order valence-electron chi connectivity index (χ1n) is 8.68. The predicted molar refractivity (Wildman–Crippen MR) is 108 cm³/mol. The van der Waals surface area contributed by atoms with Crippen molar-refractivity contribution < 1.29 is 28.0 Å². The van der Waals surface area contributed by atoms with Crippen LogP contribution in [-0.4, -0.2) is 26.8 Å². The van der Waals surface area contributed by atoms with Gasteiger partial charge in [-0.25, -0.2) is 23.5 Å². The van der Waals surface area contributed by atoms with Crippen LogP contribution < -0.4 is 15.4 Å². The number of carbonyl (C=O) groups is 2. The highest BCUT2D eigenvalue weighted by Gasteiger charge is 2.22. The second kappa shape index (κ2) is 9.75. The highest BCUT2D eigenvalue weighted by Crippen LogP contribution is 2.33. The molecule has 1 heterocycles. The van der Waals surface area contributed by atoms with Gasteiger partial charge in [0.1, 0.15) is 11.3 Å². The van der Waals surface area contributed by atoms with Gasteiger partial charge in [0, 0.05) is 11.8 Å². The largest absolute Gasteiger partial charge is 0.424 e. The number of urea groups is 1. The Hall–Kier alpha value is -4.19. The molecule has 0 unspecified atom stereocenters. The molecule has 32 heavy (non-hydrogen) atoms. The van der Waals surface area contributed by atoms with Crippen molar-refractivity contribution in [3.05, 3.63) is 81.1 Å². The molecule has 3 rings (SSSR count). The van der Waals surface area contributed by atoms with Gasteiger partial charge in [-0.05, 0) is 24.3 Å². The number of nitrogens with zero attached hydrogens (tertiary/aromatic N) is 3. The Morgan fingerprint density at radius 1 is 1.12 bits per heavy atom. The summed E-state index contributed by atoms with van der Waals surface area (Å²) in [6.45, 7) is 0. The number of amides is 3. The van der Waals surface area contributed by atoms with Crippen molar-refractivity contribution in [3.63, 3.8) is 0 Å². The summed E-state index contributed by atoms with van der Waals surface area (Å²) in [5.74, 6) is -1.30. The molecular weight excluding hydrogens is 452 g/mol. The van der Waals surface area contributed by atoms with Crippen LogP contribution in [0.2, 0.25) is 5.02 Å². The summed E-state index contributed by atoms with van der Waals surface area (Å²) in [4.78, 5) is 42.0. The van der Waals surface area contributed by atoms with Crippen LogP contribution >= 0.6 is 11.6 Å². The number of hydrogen-bond acceptors (Lipinski definition) is 7. The smallest absolute Gasteiger partial charge is 0.326 e. The maximum Gasteiger partial charge on any atom is 0.326 e. The van der Waals surface area contributed by atoms with E-state index in [1.54, 1.807) is 0 Å². The third-order valence-electron chi connectivity index (χ3n) is 3.87. The van der Waals surface area contributed by atoms with Crippen LogP contribution in [0.3, 0.4) is 0 Å². The van der Waals surface area contributed by atoms with Crippen molar-refractivity contribution in [1.29, 1.82) is 0 Å². The molecule has 3 amide bonds. The fraction of sp³-hybridized carbons (Fsp3) is 0.0526. The number of imide groups is 1. The Kier molecular flexibility index (Phi) is 6.85. The second-order valence-corrected chi connectivity index (χ2v) is 6.46. The van der Waals surface area contributed by atoms with E-state index in [2.05, 4.69) is 15.3 Å². The number of hydrogen-bond donors (Lipinski definition) is 2. The minimum Gasteiger partial charge on any atom is -0.424 e. The number of benzene rings is 2. The Bertz CT molecular complexity index is 1180. The van der Waals surface area contributed by atoms with Gasteiger partial charge in [-0.2, -0.15) is 0 Å². The summed E-state index contributed by atoms with van der Waals surface area (Å²) >= 11 is 5.66. The van der Waals surface area contributed by atoms with Crippen LogP contribution in [0.5, 0.6) is 11.8 Å². The van der Waals surface area contributed by atoms with Crippen LogP contribution in [0.25, 0.3) is 0 Å². The molecule has 13 heteroatoms. The van der Waals surface area contributed by atoms with Crippen LogP contribution in [0.1, 0.15) is 22.3 Å². The summed E-state index contributed by atoms with van der Waals surface area (Å²) in [6.07, 6.45) is -0.531. The number of rotatable bonds is 6. The Balaban J connectivity index is 1.73. The molecular formula is C19H12ClF2N5O5. The van der Waals surface area contributed by atoms with Crippen LogP contribution in [0.4, 0.5) is 25.0 Å². The summed E-state index contributed by atoms with van der Waals surface area (Å²) in [5, 5.41) is 15.4. The number of nitrogens with one attached hydrogen (secondary N) is 2. The molecule has 0 aliphatic heterocycles. The normalized spacial score (nSPS) is 10.5. The molecule has 0 spiro atoms. The summed E-state index contributed by atoms with van der Waals surface area (Å²) in [7, 11) is 0. The Morgan fingerprint density at radius 2 is 1.81 bits per heavy atom. The first-order chi connectivity index (χ1) is 15.2. The number of nitro benzene ring substituents is 1. The van der Waals surface area contributed by atoms with Crippen molar-refractivity contribution in [2.45, 2.75) is 6.43 Å². The number of carbonyl (C=O) groups excluding carboxylic acids is 2. The fourth-order valence-corrected chi connectivity index (χ4v) is 2.60. The molecule has 0 saturated carbocycles. The number of halogens is 3. The second-order valence-electron chi connectivity index (χ2n) is 6.02. The van der Waals surface area contributed by atoms with E-state index < -0.39 is 34.5 Å². The molecule has 10 nitrogen and oxygen atoms in total. The van der Waals surface area contributed by atoms with Crippen LogP contribution in [0, 0.1) is 10.1 Å². The quantitative estimate of drug-likeness (QED) is 0.398. The molecule has 0 aliphatic rings. The number of ether oxygens (including phenoxy) is 1. The van der Waals surface area contributed by atoms with Gasteiger partial charge in [-0.1, -0.05) is 23.7 Å². The average molecular weight is 464 g/mol. The van der Waals surface area contributed by atoms with E-state index in [0.29, 0.717) is 0 Å². The topological polar surface area (TPSA) is 136 Å². The zero-order valence-electron chi connectivity index (χ0n) is 15.8. The Morgan fingerprint density at radius 3 is 2.47 bits per heavy atom. The lowest BCUT2D eigenvalue weighted by atomic mass is 10.1. The minimum absolute atomic E-state index is 0.0856. The van der Waals surface area contributed by atoms with Gasteiger partial charge in [-0.15, -0.1) is 0 Å². The summed E-state index contributed by atoms with van der Waals surface area (Å²) in [5.41, 5.74) is -1.50. The Labute approximate surface area is 183 Å². The molecule has 0 atom stereocenters. The minimum atomic E-state index is -2.98. The van der Waals surface area contributed by atoms with E-state index in [4.69, 9.17) is 16.3 Å². The maximum atomic E-state index is 13.5. The molecule has 1 aromatic heterocycles. The van der Waals surface area contributed by atoms with E-state index in [1.165, 1.54) is 36.7 Å². The highest BCUT2D eigenvalue weighted by molar-refractivity contribution is 6.30. The maximum absolute atomic E-state index is 13.5. The molecule has 0 aliphatic carbocycles. The number of anilines is 1. The van der Waals surface area contributed by atoms with E-state index >= 15 is 0 Å². The fourth-order valence-electron chi connectivity index (χ4n) is 2.50. The van der Waals surface area contributed by atoms with E-state index in [-0.39, 0.29) is 28.0 Å². The monoisotopic (exact) mass is 463 g/mol. The van der Waals surface area contributed by atoms with Gasteiger partial charge < -0.3 is 10.1 Å². The van der Waals surface area contributed by atoms with E-state index in [1.807, 2.05) is 5.32 Å². The zero-order valence-corrected chi connectivity index (χ0v) is 16.5. The van der Waals surface area contributed by atoms with E-state index in [9.17, 15) is 28.5 Å². The van der Waals surface area contributed by atoms with Crippen LogP contribution in [0.15, 0.2) is 54.9 Å². The van der Waals surface area contributed by atoms with Gasteiger partial charge in [0.15, 0.2) is 0 Å². The number of aromatic nitrogens is 2. The SMILES string of the molecule is O=C(NC(=O)c1ccccc1[N+](=O)[O-])Nc1ccc(Oc2ncc(Cl)cn2)c(C(F)F)c1. The standard InChI is InChI=1S/C19H12ClF2N5O5/c20-10-8-23-19(24-9-10)32-15-6-5-11(7-13(15)16(21)22)25-18(29)26-17(28)12-3-1-2-4-14(12)27(30)31/h1-9,16H,(H2,25,26,28,29). The lowest BCUT2D eigenvalue weighted by molar-refractivity contribution is -0.385. The first kappa shape index (κ1) is 22.5. The number of alkyl halides is 2. The van der Waals surface area contributed by atoms with Gasteiger partial charge in [-0.3, -0.25) is 20.2 Å². The third-order valence-corrected chi connectivity index (χ3v) is 4.07. The molecule has 2 N–H and O–H groups in total. The molecule has 0 fully saturated rings. The average Bonchev–Trinajstić information content (AvgIpc) is 2.76. The first-order valence-corrected chi connectivity index (χ1v) is 9.05. The number of nitro groups is 1. The van der Waals surface area contributed by atoms with Crippen molar-refractivity contribution in [3.8, 4) is 11.8 Å². The molecule has 164 valence electrons. The summed E-state index contributed by atoms with van der Waals surface area (Å²) in [6, 6.07) is 7.05. The molecule has 0 radical (unpaired) electrons. The van der Waals surface area contributed by atoms with E-state index in [0.717, 1.165) is 18.2 Å². The van der Waals surface area contributed by atoms with Gasteiger partial charge in [0.2, 0.25) is 0 Å². The zero-order chi connectivity index (χ0) is 23.3. The predicted octanol–water partition coefficient (Wildman–Crippen LogP) is 4.73. The number of para-hydroxylation sites is 1. The van der Waals surface area contributed by atoms with Gasteiger partial charge in [0.05, 0.1) is 27.9 Å². The third kappa shape index (κ3) is 5.49.